The van der Waals surface area contributed by atoms with Crippen molar-refractivity contribution in [3.8, 4) is 0 Å². The van der Waals surface area contributed by atoms with E-state index in [1.54, 1.807) is 0 Å². The minimum absolute atomic E-state index is 0.318. The Bertz CT molecular complexity index is 397. The van der Waals surface area contributed by atoms with Gasteiger partial charge in [0, 0.05) is 6.54 Å². The number of imide groups is 2. The van der Waals surface area contributed by atoms with Gasteiger partial charge < -0.3 is 0 Å². The molecule has 0 aromatic heterocycles. The second-order valence-corrected chi connectivity index (χ2v) is 5.59. The fourth-order valence-electron chi connectivity index (χ4n) is 2.75. The summed E-state index contributed by atoms with van der Waals surface area (Å²) in [5.74, 6) is 0.0275. The number of rotatable bonds is 6. The molecule has 0 spiro atoms. The molecule has 1 heterocycles. The average Bonchev–Trinajstić information content (AvgIpc) is 3.19. The van der Waals surface area contributed by atoms with Crippen LogP contribution < -0.4 is 5.32 Å². The summed E-state index contributed by atoms with van der Waals surface area (Å²) in [5.41, 5.74) is -1.05. The number of amides is 4. The van der Waals surface area contributed by atoms with Crippen LogP contribution in [0.5, 0.6) is 0 Å². The van der Waals surface area contributed by atoms with Gasteiger partial charge in [0.25, 0.3) is 0 Å². The van der Waals surface area contributed by atoms with Gasteiger partial charge in [-0.15, -0.1) is 0 Å². The molecule has 4 amide bonds. The van der Waals surface area contributed by atoms with Crippen LogP contribution >= 0.6 is 0 Å². The van der Waals surface area contributed by atoms with E-state index in [0.717, 1.165) is 18.8 Å². The second-order valence-electron chi connectivity index (χ2n) is 5.59. The molecule has 2 fully saturated rings. The van der Waals surface area contributed by atoms with Crippen LogP contribution in [-0.2, 0) is 9.59 Å². The highest BCUT2D eigenvalue weighted by Gasteiger charge is 2.51. The first kappa shape index (κ1) is 14.0. The lowest BCUT2D eigenvalue weighted by atomic mass is 9.78. The zero-order chi connectivity index (χ0) is 14.0. The number of nitrogens with zero attached hydrogens (tertiary/aromatic N) is 1. The van der Waals surface area contributed by atoms with Crippen LogP contribution in [0.2, 0.25) is 0 Å². The molecule has 5 heteroatoms. The van der Waals surface area contributed by atoms with E-state index in [4.69, 9.17) is 0 Å². The third-order valence-corrected chi connectivity index (χ3v) is 4.45. The van der Waals surface area contributed by atoms with Gasteiger partial charge in [-0.25, -0.2) is 4.79 Å². The quantitative estimate of drug-likeness (QED) is 0.748. The summed E-state index contributed by atoms with van der Waals surface area (Å²) in [6.45, 7) is 4.06. The monoisotopic (exact) mass is 266 g/mol. The molecule has 0 radical (unpaired) electrons. The van der Waals surface area contributed by atoms with Crippen molar-refractivity contribution in [1.29, 1.82) is 0 Å². The lowest BCUT2D eigenvalue weighted by Crippen LogP contribution is -2.63. The van der Waals surface area contributed by atoms with Gasteiger partial charge in [-0.2, -0.15) is 0 Å². The molecule has 2 aliphatic rings. The number of carbonyl (C=O) groups excluding carboxylic acids is 3. The minimum Gasteiger partial charge on any atom is -0.277 e. The third-order valence-electron chi connectivity index (χ3n) is 4.45. The van der Waals surface area contributed by atoms with Gasteiger partial charge in [-0.1, -0.05) is 26.7 Å². The van der Waals surface area contributed by atoms with E-state index in [1.165, 1.54) is 17.7 Å². The molecule has 1 N–H and O–H groups in total. The van der Waals surface area contributed by atoms with Crippen molar-refractivity contribution < 1.29 is 14.4 Å². The van der Waals surface area contributed by atoms with Crippen LogP contribution in [0.15, 0.2) is 0 Å². The largest absolute Gasteiger partial charge is 0.330 e. The fourth-order valence-corrected chi connectivity index (χ4v) is 2.75. The van der Waals surface area contributed by atoms with E-state index in [9.17, 15) is 14.4 Å². The fraction of sp³-hybridized carbons (Fsp3) is 0.786. The molecule has 0 bridgehead atoms. The number of barbiturate groups is 1. The van der Waals surface area contributed by atoms with E-state index in [1.807, 2.05) is 13.8 Å². The van der Waals surface area contributed by atoms with Crippen molar-refractivity contribution in [2.45, 2.75) is 52.4 Å². The predicted molar refractivity (Wildman–Crippen MR) is 70.2 cm³/mol. The van der Waals surface area contributed by atoms with Gasteiger partial charge in [0.05, 0.1) is 0 Å². The van der Waals surface area contributed by atoms with E-state index in [2.05, 4.69) is 5.32 Å². The third kappa shape index (κ3) is 2.51. The van der Waals surface area contributed by atoms with Crippen LogP contribution in [0.3, 0.4) is 0 Å². The number of urea groups is 1. The summed E-state index contributed by atoms with van der Waals surface area (Å²) in [6, 6.07) is -0.552. The predicted octanol–water partition coefficient (Wildman–Crippen LogP) is 2.06. The van der Waals surface area contributed by atoms with Crippen LogP contribution in [0.4, 0.5) is 4.79 Å². The molecule has 0 atom stereocenters. The average molecular weight is 266 g/mol. The molecule has 2 rings (SSSR count). The standard InChI is InChI=1S/C14H22N2O3/c1-3-14(4-2)11(17)15-13(19)16(12(14)18)9-5-6-10-7-8-10/h10H,3-9H2,1-2H3,(H,15,17,19). The maximum atomic E-state index is 12.5. The summed E-state index contributed by atoms with van der Waals surface area (Å²) >= 11 is 0. The van der Waals surface area contributed by atoms with Gasteiger partial charge >= 0.3 is 6.03 Å². The van der Waals surface area contributed by atoms with Crippen molar-refractivity contribution in [2.75, 3.05) is 6.54 Å². The normalized spacial score (nSPS) is 22.6. The number of carbonyl (C=O) groups is 3. The molecule has 0 aromatic rings. The highest BCUT2D eigenvalue weighted by atomic mass is 16.2. The summed E-state index contributed by atoms with van der Waals surface area (Å²) in [6.07, 6.45) is 5.30. The van der Waals surface area contributed by atoms with Crippen LogP contribution in [-0.4, -0.2) is 29.3 Å². The molecule has 0 aromatic carbocycles. The van der Waals surface area contributed by atoms with Crippen LogP contribution in [0.25, 0.3) is 0 Å². The molecule has 5 nitrogen and oxygen atoms in total. The lowest BCUT2D eigenvalue weighted by molar-refractivity contribution is -0.152. The first-order chi connectivity index (χ1) is 9.05. The van der Waals surface area contributed by atoms with E-state index < -0.39 is 17.4 Å². The van der Waals surface area contributed by atoms with Crippen molar-refractivity contribution in [3.63, 3.8) is 0 Å². The Labute approximate surface area is 113 Å². The smallest absolute Gasteiger partial charge is 0.277 e. The van der Waals surface area contributed by atoms with Crippen molar-refractivity contribution in [3.05, 3.63) is 0 Å². The number of hydrogen-bond donors (Lipinski definition) is 1. The minimum atomic E-state index is -1.05. The van der Waals surface area contributed by atoms with E-state index >= 15 is 0 Å². The van der Waals surface area contributed by atoms with Crippen molar-refractivity contribution in [2.24, 2.45) is 11.3 Å². The molecule has 106 valence electrons. The zero-order valence-electron chi connectivity index (χ0n) is 11.7. The Morgan fingerprint density at radius 1 is 1.21 bits per heavy atom. The van der Waals surface area contributed by atoms with Crippen molar-refractivity contribution >= 4 is 17.8 Å². The maximum Gasteiger partial charge on any atom is 0.330 e. The van der Waals surface area contributed by atoms with Crippen molar-refractivity contribution in [1.82, 2.24) is 10.2 Å². The summed E-state index contributed by atoms with van der Waals surface area (Å²) in [5, 5.41) is 2.33. The molecular weight excluding hydrogens is 244 g/mol. The second kappa shape index (κ2) is 5.31. The Kier molecular flexibility index (Phi) is 3.92. The summed E-state index contributed by atoms with van der Waals surface area (Å²) in [7, 11) is 0. The highest BCUT2D eigenvalue weighted by molar-refractivity contribution is 6.19. The van der Waals surface area contributed by atoms with Gasteiger partial charge in [-0.3, -0.25) is 19.8 Å². The molecule has 1 saturated heterocycles. The summed E-state index contributed by atoms with van der Waals surface area (Å²) in [4.78, 5) is 37.5. The van der Waals surface area contributed by atoms with Gasteiger partial charge in [-0.05, 0) is 31.6 Å². The van der Waals surface area contributed by atoms with Gasteiger partial charge in [0.2, 0.25) is 11.8 Å². The topological polar surface area (TPSA) is 66.5 Å². The number of nitrogens with one attached hydrogen (secondary N) is 1. The van der Waals surface area contributed by atoms with E-state index in [-0.39, 0.29) is 5.91 Å². The molecule has 19 heavy (non-hydrogen) atoms. The molecular formula is C14H22N2O3. The highest BCUT2D eigenvalue weighted by Crippen LogP contribution is 2.35. The SMILES string of the molecule is CCC1(CC)C(=O)NC(=O)N(CCCC2CC2)C1=O. The number of hydrogen-bond acceptors (Lipinski definition) is 3. The first-order valence-electron chi connectivity index (χ1n) is 7.22. The Morgan fingerprint density at radius 3 is 2.37 bits per heavy atom. The maximum absolute atomic E-state index is 12.5. The Morgan fingerprint density at radius 2 is 1.84 bits per heavy atom. The summed E-state index contributed by atoms with van der Waals surface area (Å²) < 4.78 is 0. The lowest BCUT2D eigenvalue weighted by Gasteiger charge is -2.38. The van der Waals surface area contributed by atoms with Crippen LogP contribution in [0.1, 0.15) is 52.4 Å². The molecule has 1 aliphatic heterocycles. The van der Waals surface area contributed by atoms with Gasteiger partial charge in [0.1, 0.15) is 5.41 Å². The van der Waals surface area contributed by atoms with Crippen LogP contribution in [0, 0.1) is 11.3 Å². The first-order valence-corrected chi connectivity index (χ1v) is 7.22. The molecule has 1 saturated carbocycles. The van der Waals surface area contributed by atoms with Gasteiger partial charge in [0.15, 0.2) is 0 Å². The Hall–Kier alpha value is -1.39. The molecule has 1 aliphatic carbocycles. The Balaban J connectivity index is 2.05. The van der Waals surface area contributed by atoms with E-state index in [0.29, 0.717) is 19.4 Å². The zero-order valence-corrected chi connectivity index (χ0v) is 11.7. The molecule has 0 unspecified atom stereocenters.